The maximum atomic E-state index is 11.7. The maximum absolute atomic E-state index is 11.7. The zero-order chi connectivity index (χ0) is 11.4. The molecule has 1 saturated carbocycles. The highest BCUT2D eigenvalue weighted by Gasteiger charge is 2.41. The fourth-order valence-corrected chi connectivity index (χ4v) is 1.72. The largest absolute Gasteiger partial charge is 0.396 e. The quantitative estimate of drug-likeness (QED) is 0.753. The van der Waals surface area contributed by atoms with Crippen LogP contribution in [0, 0.1) is 5.41 Å². The zero-order valence-electron chi connectivity index (χ0n) is 9.02. The van der Waals surface area contributed by atoms with Crippen LogP contribution in [0.4, 0.5) is 0 Å². The minimum atomic E-state index is -0.126. The lowest BCUT2D eigenvalue weighted by molar-refractivity contribution is 0.0940. The van der Waals surface area contributed by atoms with E-state index in [0.717, 1.165) is 19.3 Å². The first kappa shape index (κ1) is 11.0. The second-order valence-corrected chi connectivity index (χ2v) is 4.29. The molecule has 0 bridgehead atoms. The van der Waals surface area contributed by atoms with Gasteiger partial charge in [0.1, 0.15) is 0 Å². The van der Waals surface area contributed by atoms with E-state index in [9.17, 15) is 4.79 Å². The third-order valence-electron chi connectivity index (χ3n) is 3.07. The smallest absolute Gasteiger partial charge is 0.252 e. The van der Waals surface area contributed by atoms with Crippen LogP contribution < -0.4 is 5.32 Å². The SMILES string of the molecule is O=C(NCC1(CCO)CC1)c1ccnnc1. The van der Waals surface area contributed by atoms with Gasteiger partial charge in [0, 0.05) is 13.2 Å². The number of carbonyl (C=O) groups is 1. The molecule has 1 aromatic rings. The summed E-state index contributed by atoms with van der Waals surface area (Å²) in [6.07, 6.45) is 5.88. The highest BCUT2D eigenvalue weighted by Crippen LogP contribution is 2.47. The van der Waals surface area contributed by atoms with E-state index in [0.29, 0.717) is 12.1 Å². The van der Waals surface area contributed by atoms with Gasteiger partial charge in [-0.25, -0.2) is 0 Å². The second-order valence-electron chi connectivity index (χ2n) is 4.29. The monoisotopic (exact) mass is 221 g/mol. The number of aromatic nitrogens is 2. The van der Waals surface area contributed by atoms with Gasteiger partial charge in [-0.1, -0.05) is 0 Å². The molecule has 0 radical (unpaired) electrons. The van der Waals surface area contributed by atoms with Crippen molar-refractivity contribution in [3.8, 4) is 0 Å². The Morgan fingerprint density at radius 3 is 2.88 bits per heavy atom. The number of aliphatic hydroxyl groups is 1. The summed E-state index contributed by atoms with van der Waals surface area (Å²) in [5.41, 5.74) is 0.667. The van der Waals surface area contributed by atoms with Crippen molar-refractivity contribution in [2.45, 2.75) is 19.3 Å². The number of nitrogens with zero attached hydrogens (tertiary/aromatic N) is 2. The average Bonchev–Trinajstić information content (AvgIpc) is 3.08. The summed E-state index contributed by atoms with van der Waals surface area (Å²) < 4.78 is 0. The minimum Gasteiger partial charge on any atom is -0.396 e. The summed E-state index contributed by atoms with van der Waals surface area (Å²) in [6, 6.07) is 1.63. The Hall–Kier alpha value is -1.49. The first-order valence-electron chi connectivity index (χ1n) is 5.42. The highest BCUT2D eigenvalue weighted by molar-refractivity contribution is 5.93. The number of hydrogen-bond acceptors (Lipinski definition) is 4. The highest BCUT2D eigenvalue weighted by atomic mass is 16.3. The molecular formula is C11H15N3O2. The van der Waals surface area contributed by atoms with Crippen molar-refractivity contribution in [2.75, 3.05) is 13.2 Å². The summed E-state index contributed by atoms with van der Waals surface area (Å²) in [5.74, 6) is -0.126. The Morgan fingerprint density at radius 2 is 2.31 bits per heavy atom. The zero-order valence-corrected chi connectivity index (χ0v) is 9.02. The van der Waals surface area contributed by atoms with Gasteiger partial charge in [-0.2, -0.15) is 10.2 Å². The topological polar surface area (TPSA) is 75.1 Å². The molecule has 0 aromatic carbocycles. The second kappa shape index (κ2) is 4.57. The molecular weight excluding hydrogens is 206 g/mol. The molecule has 0 saturated heterocycles. The van der Waals surface area contributed by atoms with Crippen LogP contribution in [-0.4, -0.2) is 34.4 Å². The van der Waals surface area contributed by atoms with Crippen LogP contribution in [0.3, 0.4) is 0 Å². The van der Waals surface area contributed by atoms with Crippen molar-refractivity contribution >= 4 is 5.91 Å². The molecule has 86 valence electrons. The molecule has 2 N–H and O–H groups in total. The third kappa shape index (κ3) is 2.55. The molecule has 1 aromatic heterocycles. The van der Waals surface area contributed by atoms with Crippen LogP contribution in [0.5, 0.6) is 0 Å². The van der Waals surface area contributed by atoms with Gasteiger partial charge in [-0.05, 0) is 30.7 Å². The summed E-state index contributed by atoms with van der Waals surface area (Å²) in [4.78, 5) is 11.7. The number of nitrogens with one attached hydrogen (secondary N) is 1. The molecule has 1 fully saturated rings. The molecule has 0 aliphatic heterocycles. The van der Waals surface area contributed by atoms with Crippen molar-refractivity contribution in [3.05, 3.63) is 24.0 Å². The molecule has 0 spiro atoms. The Balaban J connectivity index is 1.85. The van der Waals surface area contributed by atoms with Crippen LogP contribution >= 0.6 is 0 Å². The van der Waals surface area contributed by atoms with Crippen molar-refractivity contribution in [2.24, 2.45) is 5.41 Å². The van der Waals surface area contributed by atoms with Gasteiger partial charge >= 0.3 is 0 Å². The fraction of sp³-hybridized carbons (Fsp3) is 0.545. The molecule has 1 aliphatic carbocycles. The van der Waals surface area contributed by atoms with Gasteiger partial charge in [0.25, 0.3) is 5.91 Å². The fourth-order valence-electron chi connectivity index (χ4n) is 1.72. The average molecular weight is 221 g/mol. The normalized spacial score (nSPS) is 16.8. The Kier molecular flexibility index (Phi) is 3.14. The molecule has 1 amide bonds. The lowest BCUT2D eigenvalue weighted by Gasteiger charge is -2.14. The lowest BCUT2D eigenvalue weighted by Crippen LogP contribution is -2.30. The number of amides is 1. The van der Waals surface area contributed by atoms with E-state index in [4.69, 9.17) is 5.11 Å². The molecule has 1 aliphatic rings. The van der Waals surface area contributed by atoms with Gasteiger partial charge in [0.2, 0.25) is 0 Å². The number of hydrogen-bond donors (Lipinski definition) is 2. The molecule has 5 nitrogen and oxygen atoms in total. The van der Waals surface area contributed by atoms with E-state index >= 15 is 0 Å². The number of carbonyl (C=O) groups excluding carboxylic acids is 1. The predicted octanol–water partition coefficient (Wildman–Crippen LogP) is 0.369. The molecule has 1 heterocycles. The molecule has 0 atom stereocenters. The van der Waals surface area contributed by atoms with Gasteiger partial charge in [-0.15, -0.1) is 0 Å². The maximum Gasteiger partial charge on any atom is 0.252 e. The van der Waals surface area contributed by atoms with Gasteiger partial charge in [0.05, 0.1) is 18.0 Å². The first-order valence-corrected chi connectivity index (χ1v) is 5.42. The molecule has 5 heteroatoms. The van der Waals surface area contributed by atoms with Crippen molar-refractivity contribution in [1.29, 1.82) is 0 Å². The number of aliphatic hydroxyl groups excluding tert-OH is 1. The van der Waals surface area contributed by atoms with E-state index in [2.05, 4.69) is 15.5 Å². The van der Waals surface area contributed by atoms with E-state index in [1.165, 1.54) is 12.4 Å². The van der Waals surface area contributed by atoms with Gasteiger partial charge in [0.15, 0.2) is 0 Å². The van der Waals surface area contributed by atoms with Crippen LogP contribution in [0.25, 0.3) is 0 Å². The summed E-state index contributed by atoms with van der Waals surface area (Å²) in [5, 5.41) is 19.0. The summed E-state index contributed by atoms with van der Waals surface area (Å²) in [7, 11) is 0. The predicted molar refractivity (Wildman–Crippen MR) is 57.7 cm³/mol. The Morgan fingerprint density at radius 1 is 1.50 bits per heavy atom. The molecule has 2 rings (SSSR count). The minimum absolute atomic E-state index is 0.126. The van der Waals surface area contributed by atoms with Crippen molar-refractivity contribution in [1.82, 2.24) is 15.5 Å². The third-order valence-corrected chi connectivity index (χ3v) is 3.07. The van der Waals surface area contributed by atoms with E-state index in [1.807, 2.05) is 0 Å². The summed E-state index contributed by atoms with van der Waals surface area (Å²) >= 11 is 0. The lowest BCUT2D eigenvalue weighted by atomic mass is 10.0. The van der Waals surface area contributed by atoms with E-state index < -0.39 is 0 Å². The first-order chi connectivity index (χ1) is 7.76. The molecule has 0 unspecified atom stereocenters. The van der Waals surface area contributed by atoms with Crippen LogP contribution in [0.15, 0.2) is 18.5 Å². The van der Waals surface area contributed by atoms with Crippen LogP contribution in [0.2, 0.25) is 0 Å². The van der Waals surface area contributed by atoms with Gasteiger partial charge < -0.3 is 10.4 Å². The standard InChI is InChI=1S/C11H15N3O2/c15-6-4-11(2-3-11)8-12-10(16)9-1-5-13-14-7-9/h1,5,7,15H,2-4,6,8H2,(H,12,16). The Labute approximate surface area is 93.9 Å². The van der Waals surface area contributed by atoms with Crippen LogP contribution in [-0.2, 0) is 0 Å². The van der Waals surface area contributed by atoms with Crippen molar-refractivity contribution in [3.63, 3.8) is 0 Å². The van der Waals surface area contributed by atoms with E-state index in [-0.39, 0.29) is 17.9 Å². The van der Waals surface area contributed by atoms with Gasteiger partial charge in [-0.3, -0.25) is 4.79 Å². The number of rotatable bonds is 5. The summed E-state index contributed by atoms with van der Waals surface area (Å²) in [6.45, 7) is 0.821. The van der Waals surface area contributed by atoms with Crippen LogP contribution in [0.1, 0.15) is 29.6 Å². The molecule has 16 heavy (non-hydrogen) atoms. The Bertz CT molecular complexity index is 363. The van der Waals surface area contributed by atoms with Crippen molar-refractivity contribution < 1.29 is 9.90 Å². The van der Waals surface area contributed by atoms with E-state index in [1.54, 1.807) is 6.07 Å².